The second-order valence-electron chi connectivity index (χ2n) is 10.6. The number of carbonyl (C=O) groups is 2. The van der Waals surface area contributed by atoms with Gasteiger partial charge in [0, 0.05) is 35.1 Å². The fourth-order valence-electron chi connectivity index (χ4n) is 5.54. The first-order chi connectivity index (χ1) is 21.0. The molecule has 0 aromatic heterocycles. The Bertz CT molecular complexity index is 1580. The Kier molecular flexibility index (Phi) is 8.21. The molecule has 0 radical (unpaired) electrons. The number of rotatable bonds is 8. The fourth-order valence-corrected chi connectivity index (χ4v) is 5.54. The van der Waals surface area contributed by atoms with Gasteiger partial charge in [0.25, 0.3) is 0 Å². The van der Waals surface area contributed by atoms with Crippen LogP contribution in [0.4, 0.5) is 11.4 Å². The van der Waals surface area contributed by atoms with Crippen molar-refractivity contribution < 1.29 is 50.4 Å². The van der Waals surface area contributed by atoms with Crippen LogP contribution in [0.25, 0.3) is 0 Å². The summed E-state index contributed by atoms with van der Waals surface area (Å²) >= 11 is 0. The molecule has 4 aromatic carbocycles. The maximum Gasteiger partial charge on any atom is 0.228 e. The van der Waals surface area contributed by atoms with Crippen molar-refractivity contribution in [3.63, 3.8) is 0 Å². The summed E-state index contributed by atoms with van der Waals surface area (Å²) in [5.41, 5.74) is -0.411. The molecule has 12 nitrogen and oxygen atoms in total. The van der Waals surface area contributed by atoms with Gasteiger partial charge in [-0.15, -0.1) is 0 Å². The highest BCUT2D eigenvalue weighted by Gasteiger charge is 2.54. The molecule has 1 saturated carbocycles. The van der Waals surface area contributed by atoms with E-state index in [1.54, 1.807) is 60.7 Å². The molecule has 0 heterocycles. The van der Waals surface area contributed by atoms with Crippen LogP contribution in [0.1, 0.15) is 34.1 Å². The van der Waals surface area contributed by atoms with E-state index in [2.05, 4.69) is 10.6 Å². The zero-order valence-electron chi connectivity index (χ0n) is 23.0. The molecule has 0 bridgehead atoms. The van der Waals surface area contributed by atoms with E-state index < -0.39 is 92.9 Å². The van der Waals surface area contributed by atoms with Crippen LogP contribution in [0.2, 0.25) is 0 Å². The molecule has 4 aromatic rings. The lowest BCUT2D eigenvalue weighted by molar-refractivity contribution is -0.116. The number of hydrogen-bond acceptors (Lipinski definition) is 10. The minimum absolute atomic E-state index is 0.101. The zero-order chi connectivity index (χ0) is 31.7. The molecule has 228 valence electrons. The molecule has 1 aliphatic carbocycles. The Morgan fingerprint density at radius 1 is 0.545 bits per heavy atom. The van der Waals surface area contributed by atoms with Crippen LogP contribution in [0.3, 0.4) is 0 Å². The summed E-state index contributed by atoms with van der Waals surface area (Å²) in [6, 6.07) is 19.0. The summed E-state index contributed by atoms with van der Waals surface area (Å²) < 4.78 is 0. The third kappa shape index (κ3) is 5.63. The van der Waals surface area contributed by atoms with Gasteiger partial charge in [-0.1, -0.05) is 60.7 Å². The molecule has 5 rings (SSSR count). The largest absolute Gasteiger partial charge is 0.507 e. The molecule has 0 saturated heterocycles. The SMILES string of the molecule is O=C(Cc1ccccc1)Nc1c(O)cc(O)c(C2C(O)C(c3c(O)cc(O)c(NC(=O)Cc4ccccc4)c3O)C2O)c1O. The van der Waals surface area contributed by atoms with Crippen molar-refractivity contribution in [2.45, 2.75) is 36.9 Å². The lowest BCUT2D eigenvalue weighted by Gasteiger charge is -2.47. The first-order valence-electron chi connectivity index (χ1n) is 13.6. The van der Waals surface area contributed by atoms with E-state index in [4.69, 9.17) is 0 Å². The van der Waals surface area contributed by atoms with E-state index >= 15 is 0 Å². The van der Waals surface area contributed by atoms with Crippen LogP contribution < -0.4 is 10.6 Å². The molecule has 0 aliphatic heterocycles. The molecule has 0 spiro atoms. The number of benzene rings is 4. The zero-order valence-corrected chi connectivity index (χ0v) is 23.0. The van der Waals surface area contributed by atoms with Crippen molar-refractivity contribution in [1.29, 1.82) is 0 Å². The normalized spacial score (nSPS) is 19.1. The highest BCUT2D eigenvalue weighted by Crippen LogP contribution is 2.59. The quantitative estimate of drug-likeness (QED) is 0.105. The van der Waals surface area contributed by atoms with E-state index in [0.29, 0.717) is 11.1 Å². The number of hydrogen-bond donors (Lipinski definition) is 10. The van der Waals surface area contributed by atoms with Gasteiger partial charge in [-0.3, -0.25) is 9.59 Å². The molecule has 1 fully saturated rings. The molecule has 44 heavy (non-hydrogen) atoms. The second kappa shape index (κ2) is 12.0. The highest BCUT2D eigenvalue weighted by atomic mass is 16.3. The maximum absolute atomic E-state index is 12.6. The maximum atomic E-state index is 12.6. The van der Waals surface area contributed by atoms with Crippen molar-refractivity contribution in [3.05, 3.63) is 95.1 Å². The highest BCUT2D eigenvalue weighted by molar-refractivity contribution is 5.97. The lowest BCUT2D eigenvalue weighted by atomic mass is 9.62. The molecule has 0 atom stereocenters. The Balaban J connectivity index is 1.40. The molecular formula is C32H30N2O10. The third-order valence-electron chi connectivity index (χ3n) is 7.68. The van der Waals surface area contributed by atoms with Gasteiger partial charge in [-0.05, 0) is 11.1 Å². The lowest BCUT2D eigenvalue weighted by Crippen LogP contribution is -2.51. The summed E-state index contributed by atoms with van der Waals surface area (Å²) in [7, 11) is 0. The predicted molar refractivity (Wildman–Crippen MR) is 158 cm³/mol. The van der Waals surface area contributed by atoms with Gasteiger partial charge in [0.15, 0.2) is 0 Å². The van der Waals surface area contributed by atoms with Crippen LogP contribution in [0.5, 0.6) is 34.5 Å². The Hall–Kier alpha value is -5.46. The fraction of sp³-hybridized carbons (Fsp3) is 0.188. The minimum atomic E-state index is -1.64. The van der Waals surface area contributed by atoms with Crippen molar-refractivity contribution in [3.8, 4) is 34.5 Å². The first kappa shape index (κ1) is 30.0. The number of amides is 2. The number of phenolic OH excluding ortho intramolecular Hbond substituents is 6. The molecule has 1 aliphatic rings. The molecule has 10 N–H and O–H groups in total. The summed E-state index contributed by atoms with van der Waals surface area (Å²) in [6.45, 7) is 0. The smallest absolute Gasteiger partial charge is 0.228 e. The van der Waals surface area contributed by atoms with E-state index in [1.807, 2.05) is 0 Å². The second-order valence-corrected chi connectivity index (χ2v) is 10.6. The predicted octanol–water partition coefficient (Wildman–Crippen LogP) is 2.89. The number of aliphatic hydroxyl groups is 2. The van der Waals surface area contributed by atoms with Gasteiger partial charge < -0.3 is 51.5 Å². The van der Waals surface area contributed by atoms with Gasteiger partial charge in [-0.25, -0.2) is 0 Å². The van der Waals surface area contributed by atoms with Crippen molar-refractivity contribution in [2.24, 2.45) is 0 Å². The summed E-state index contributed by atoms with van der Waals surface area (Å²) in [5.74, 6) is -8.38. The Morgan fingerprint density at radius 2 is 0.886 bits per heavy atom. The molecule has 12 heteroatoms. The molecular weight excluding hydrogens is 572 g/mol. The van der Waals surface area contributed by atoms with E-state index in [1.165, 1.54) is 0 Å². The Morgan fingerprint density at radius 3 is 1.23 bits per heavy atom. The van der Waals surface area contributed by atoms with Gasteiger partial charge in [-0.2, -0.15) is 0 Å². The summed E-state index contributed by atoms with van der Waals surface area (Å²) in [4.78, 5) is 25.2. The summed E-state index contributed by atoms with van der Waals surface area (Å²) in [6.07, 6.45) is -3.49. The number of nitrogens with one attached hydrogen (secondary N) is 2. The van der Waals surface area contributed by atoms with E-state index in [9.17, 15) is 50.4 Å². The Labute approximate surface area is 250 Å². The monoisotopic (exact) mass is 602 g/mol. The molecule has 2 amide bonds. The van der Waals surface area contributed by atoms with Gasteiger partial charge >= 0.3 is 0 Å². The van der Waals surface area contributed by atoms with Crippen LogP contribution >= 0.6 is 0 Å². The average Bonchev–Trinajstić information content (AvgIpc) is 2.98. The van der Waals surface area contributed by atoms with Gasteiger partial charge in [0.2, 0.25) is 11.8 Å². The van der Waals surface area contributed by atoms with Crippen LogP contribution in [0.15, 0.2) is 72.8 Å². The van der Waals surface area contributed by atoms with Crippen molar-refractivity contribution in [2.75, 3.05) is 10.6 Å². The number of aromatic hydroxyl groups is 6. The van der Waals surface area contributed by atoms with Crippen LogP contribution in [-0.2, 0) is 22.4 Å². The molecule has 0 unspecified atom stereocenters. The first-order valence-corrected chi connectivity index (χ1v) is 13.6. The van der Waals surface area contributed by atoms with Gasteiger partial charge in [0.05, 0.1) is 25.0 Å². The van der Waals surface area contributed by atoms with Crippen LogP contribution in [-0.4, -0.2) is 64.9 Å². The van der Waals surface area contributed by atoms with Gasteiger partial charge in [0.1, 0.15) is 45.9 Å². The standard InChI is InChI=1S/C32H30N2O10/c35-17-13-19(37)27(33-21(39)11-15-7-3-1-4-8-15)31(43)23(17)25-29(41)26(30(25)42)24-18(36)14-20(38)28(32(24)44)34-22(40)12-16-9-5-2-6-10-16/h1-10,13-14,25-26,29-30,35-38,41-44H,11-12H2,(H,33,39)(H,34,40). The van der Waals surface area contributed by atoms with E-state index in [0.717, 1.165) is 12.1 Å². The topological polar surface area (TPSA) is 220 Å². The summed E-state index contributed by atoms with van der Waals surface area (Å²) in [5, 5.41) is 90.8. The number of aliphatic hydroxyl groups excluding tert-OH is 2. The van der Waals surface area contributed by atoms with Crippen molar-refractivity contribution >= 4 is 23.2 Å². The van der Waals surface area contributed by atoms with Crippen molar-refractivity contribution in [1.82, 2.24) is 0 Å². The van der Waals surface area contributed by atoms with E-state index in [-0.39, 0.29) is 12.8 Å². The third-order valence-corrected chi connectivity index (χ3v) is 7.68. The minimum Gasteiger partial charge on any atom is -0.507 e. The number of phenols is 6. The van der Waals surface area contributed by atoms with Crippen LogP contribution in [0, 0.1) is 0 Å². The average molecular weight is 603 g/mol. The number of carbonyl (C=O) groups excluding carboxylic acids is 2. The number of anilines is 2.